The Bertz CT molecular complexity index is 560. The van der Waals surface area contributed by atoms with Gasteiger partial charge in [-0.1, -0.05) is 12.1 Å². The van der Waals surface area contributed by atoms with Crippen LogP contribution in [0.15, 0.2) is 36.5 Å². The Hall–Kier alpha value is -1.81. The highest BCUT2D eigenvalue weighted by atomic mass is 16.5. The summed E-state index contributed by atoms with van der Waals surface area (Å²) in [6.07, 6.45) is 5.64. The van der Waals surface area contributed by atoms with E-state index in [0.717, 1.165) is 30.2 Å². The van der Waals surface area contributed by atoms with Crippen molar-refractivity contribution >= 4 is 0 Å². The lowest BCUT2D eigenvalue weighted by Crippen LogP contribution is -2.05. The SMILES string of the molecule is NCc1cccc(OCCCn2ccc(C3CC3)n2)c1. The molecular formula is C16H21N3O. The molecular weight excluding hydrogens is 250 g/mol. The fraction of sp³-hybridized carbons (Fsp3) is 0.438. The molecule has 1 fully saturated rings. The molecule has 0 spiro atoms. The number of ether oxygens (including phenoxy) is 1. The Morgan fingerprint density at radius 2 is 2.20 bits per heavy atom. The first-order valence-corrected chi connectivity index (χ1v) is 7.30. The van der Waals surface area contributed by atoms with Crippen LogP contribution in [0.4, 0.5) is 0 Å². The van der Waals surface area contributed by atoms with Crippen LogP contribution in [0, 0.1) is 0 Å². The van der Waals surface area contributed by atoms with Gasteiger partial charge in [0.15, 0.2) is 0 Å². The second kappa shape index (κ2) is 6.09. The zero-order valence-corrected chi connectivity index (χ0v) is 11.7. The van der Waals surface area contributed by atoms with Crippen LogP contribution >= 0.6 is 0 Å². The lowest BCUT2D eigenvalue weighted by atomic mass is 10.2. The van der Waals surface area contributed by atoms with Gasteiger partial charge in [0.2, 0.25) is 0 Å². The number of aryl methyl sites for hydroxylation is 1. The molecule has 0 amide bonds. The van der Waals surface area contributed by atoms with Crippen molar-refractivity contribution in [3.63, 3.8) is 0 Å². The summed E-state index contributed by atoms with van der Waals surface area (Å²) < 4.78 is 7.76. The molecule has 2 N–H and O–H groups in total. The maximum atomic E-state index is 5.74. The molecule has 20 heavy (non-hydrogen) atoms. The van der Waals surface area contributed by atoms with Crippen LogP contribution in [0.1, 0.15) is 36.4 Å². The van der Waals surface area contributed by atoms with Crippen LogP contribution < -0.4 is 10.5 Å². The average molecular weight is 271 g/mol. The van der Waals surface area contributed by atoms with E-state index in [1.165, 1.54) is 18.5 Å². The minimum absolute atomic E-state index is 0.550. The average Bonchev–Trinajstić information content (AvgIpc) is 3.23. The van der Waals surface area contributed by atoms with E-state index < -0.39 is 0 Å². The summed E-state index contributed by atoms with van der Waals surface area (Å²) in [6.45, 7) is 2.16. The van der Waals surface area contributed by atoms with Gasteiger partial charge in [0.1, 0.15) is 5.75 Å². The van der Waals surface area contributed by atoms with E-state index in [2.05, 4.69) is 17.4 Å². The molecule has 0 saturated heterocycles. The van der Waals surface area contributed by atoms with Crippen molar-refractivity contribution in [3.05, 3.63) is 47.8 Å². The normalized spacial score (nSPS) is 14.4. The first-order chi connectivity index (χ1) is 9.85. The van der Waals surface area contributed by atoms with Gasteiger partial charge < -0.3 is 10.5 Å². The second-order valence-corrected chi connectivity index (χ2v) is 5.33. The van der Waals surface area contributed by atoms with Crippen molar-refractivity contribution in [2.24, 2.45) is 5.73 Å². The third-order valence-corrected chi connectivity index (χ3v) is 3.59. The third-order valence-electron chi connectivity index (χ3n) is 3.59. The molecule has 1 aliphatic carbocycles. The Morgan fingerprint density at radius 3 is 3.00 bits per heavy atom. The van der Waals surface area contributed by atoms with E-state index >= 15 is 0 Å². The van der Waals surface area contributed by atoms with Crippen molar-refractivity contribution in [2.75, 3.05) is 6.61 Å². The van der Waals surface area contributed by atoms with Gasteiger partial charge >= 0.3 is 0 Å². The van der Waals surface area contributed by atoms with Crippen molar-refractivity contribution < 1.29 is 4.74 Å². The van der Waals surface area contributed by atoms with E-state index in [0.29, 0.717) is 13.2 Å². The molecule has 1 saturated carbocycles. The van der Waals surface area contributed by atoms with Gasteiger partial charge in [0.05, 0.1) is 12.3 Å². The smallest absolute Gasteiger partial charge is 0.119 e. The Kier molecular flexibility index (Phi) is 4.02. The fourth-order valence-electron chi connectivity index (χ4n) is 2.28. The number of aromatic nitrogens is 2. The van der Waals surface area contributed by atoms with Gasteiger partial charge in [-0.25, -0.2) is 0 Å². The molecule has 106 valence electrons. The highest BCUT2D eigenvalue weighted by molar-refractivity contribution is 5.28. The van der Waals surface area contributed by atoms with Crippen LogP contribution in [-0.4, -0.2) is 16.4 Å². The molecule has 0 radical (unpaired) electrons. The minimum Gasteiger partial charge on any atom is -0.494 e. The van der Waals surface area contributed by atoms with Crippen molar-refractivity contribution in [2.45, 2.75) is 38.3 Å². The summed E-state index contributed by atoms with van der Waals surface area (Å²) in [4.78, 5) is 0. The molecule has 1 aliphatic rings. The molecule has 0 atom stereocenters. The predicted octanol–water partition coefficient (Wildman–Crippen LogP) is 2.69. The van der Waals surface area contributed by atoms with Crippen LogP contribution in [0.25, 0.3) is 0 Å². The number of hydrogen-bond donors (Lipinski definition) is 1. The molecule has 1 heterocycles. The highest BCUT2D eigenvalue weighted by Gasteiger charge is 2.25. The Balaban J connectivity index is 1.42. The fourth-order valence-corrected chi connectivity index (χ4v) is 2.28. The molecule has 3 rings (SSSR count). The largest absolute Gasteiger partial charge is 0.494 e. The minimum atomic E-state index is 0.550. The standard InChI is InChI=1S/C16H21N3O/c17-12-13-3-1-4-15(11-13)20-10-2-8-19-9-7-16(18-19)14-5-6-14/h1,3-4,7,9,11,14H,2,5-6,8,10,12,17H2. The second-order valence-electron chi connectivity index (χ2n) is 5.33. The lowest BCUT2D eigenvalue weighted by Gasteiger charge is -2.07. The number of rotatable bonds is 7. The van der Waals surface area contributed by atoms with E-state index in [4.69, 9.17) is 10.5 Å². The highest BCUT2D eigenvalue weighted by Crippen LogP contribution is 2.38. The topological polar surface area (TPSA) is 53.1 Å². The maximum Gasteiger partial charge on any atom is 0.119 e. The zero-order valence-electron chi connectivity index (χ0n) is 11.7. The van der Waals surface area contributed by atoms with E-state index in [1.54, 1.807) is 0 Å². The molecule has 0 aliphatic heterocycles. The summed E-state index contributed by atoms with van der Waals surface area (Å²) in [6, 6.07) is 10.1. The Labute approximate surface area is 119 Å². The van der Waals surface area contributed by atoms with Gasteiger partial charge in [0, 0.05) is 31.6 Å². The lowest BCUT2D eigenvalue weighted by molar-refractivity contribution is 0.298. The van der Waals surface area contributed by atoms with Crippen molar-refractivity contribution in [3.8, 4) is 5.75 Å². The monoisotopic (exact) mass is 271 g/mol. The van der Waals surface area contributed by atoms with Crippen molar-refractivity contribution in [1.82, 2.24) is 9.78 Å². The first-order valence-electron chi connectivity index (χ1n) is 7.30. The molecule has 1 aromatic heterocycles. The number of benzene rings is 1. The molecule has 0 unspecified atom stereocenters. The number of hydrogen-bond acceptors (Lipinski definition) is 3. The number of nitrogens with two attached hydrogens (primary N) is 1. The van der Waals surface area contributed by atoms with Crippen molar-refractivity contribution in [1.29, 1.82) is 0 Å². The summed E-state index contributed by atoms with van der Waals surface area (Å²) in [5.41, 5.74) is 7.97. The van der Waals surface area contributed by atoms with Crippen LogP contribution in [0.2, 0.25) is 0 Å². The van der Waals surface area contributed by atoms with E-state index in [-0.39, 0.29) is 0 Å². The molecule has 4 nitrogen and oxygen atoms in total. The summed E-state index contributed by atoms with van der Waals surface area (Å²) in [5.74, 6) is 1.62. The van der Waals surface area contributed by atoms with Crippen LogP contribution in [-0.2, 0) is 13.1 Å². The van der Waals surface area contributed by atoms with Gasteiger partial charge in [-0.3, -0.25) is 4.68 Å². The van der Waals surface area contributed by atoms with Gasteiger partial charge in [-0.15, -0.1) is 0 Å². The predicted molar refractivity (Wildman–Crippen MR) is 78.6 cm³/mol. The van der Waals surface area contributed by atoms with E-state index in [1.807, 2.05) is 28.9 Å². The van der Waals surface area contributed by atoms with E-state index in [9.17, 15) is 0 Å². The summed E-state index contributed by atoms with van der Waals surface area (Å²) >= 11 is 0. The molecule has 2 aromatic rings. The molecule has 0 bridgehead atoms. The summed E-state index contributed by atoms with van der Waals surface area (Å²) in [7, 11) is 0. The quantitative estimate of drug-likeness (QED) is 0.788. The summed E-state index contributed by atoms with van der Waals surface area (Å²) in [5, 5.41) is 4.59. The van der Waals surface area contributed by atoms with Gasteiger partial charge in [-0.2, -0.15) is 5.10 Å². The van der Waals surface area contributed by atoms with Crippen LogP contribution in [0.5, 0.6) is 5.75 Å². The van der Waals surface area contributed by atoms with Gasteiger partial charge in [-0.05, 0) is 36.6 Å². The van der Waals surface area contributed by atoms with Crippen LogP contribution in [0.3, 0.4) is 0 Å². The number of nitrogens with zero attached hydrogens (tertiary/aromatic N) is 2. The molecule has 4 heteroatoms. The Morgan fingerprint density at radius 1 is 1.30 bits per heavy atom. The molecule has 1 aromatic carbocycles. The van der Waals surface area contributed by atoms with Gasteiger partial charge in [0.25, 0.3) is 0 Å². The first kappa shape index (κ1) is 13.2. The zero-order chi connectivity index (χ0) is 13.8. The maximum absolute atomic E-state index is 5.74. The third kappa shape index (κ3) is 3.39.